The first kappa shape index (κ1) is 13.9. The molecule has 0 radical (unpaired) electrons. The van der Waals surface area contributed by atoms with Gasteiger partial charge in [-0.2, -0.15) is 5.10 Å². The highest BCUT2D eigenvalue weighted by Gasteiger charge is 2.14. The normalized spacial score (nSPS) is 11.4. The van der Waals surface area contributed by atoms with E-state index in [4.69, 9.17) is 0 Å². The lowest BCUT2D eigenvalue weighted by Gasteiger charge is -2.05. The predicted octanol–water partition coefficient (Wildman–Crippen LogP) is 3.87. The van der Waals surface area contributed by atoms with Gasteiger partial charge in [0.25, 0.3) is 0 Å². The fraction of sp³-hybridized carbons (Fsp3) is 0.0526. The van der Waals surface area contributed by atoms with Gasteiger partial charge >= 0.3 is 0 Å². The first-order chi connectivity index (χ1) is 12.3. The van der Waals surface area contributed by atoms with Crippen molar-refractivity contribution >= 4 is 21.9 Å². The van der Waals surface area contributed by atoms with Crippen LogP contribution in [0.2, 0.25) is 0 Å². The first-order valence-corrected chi connectivity index (χ1v) is 7.99. The molecule has 0 atom stereocenters. The highest BCUT2D eigenvalue weighted by atomic mass is 15.1. The second kappa shape index (κ2) is 5.24. The van der Waals surface area contributed by atoms with Crippen molar-refractivity contribution in [3.8, 4) is 22.6 Å². The molecule has 5 rings (SSSR count). The van der Waals surface area contributed by atoms with Crippen LogP contribution in [-0.4, -0.2) is 30.1 Å². The summed E-state index contributed by atoms with van der Waals surface area (Å²) in [6.45, 7) is 2.09. The van der Waals surface area contributed by atoms with Gasteiger partial charge in [-0.15, -0.1) is 0 Å². The largest absolute Gasteiger partial charge is 0.335 e. The first-order valence-electron chi connectivity index (χ1n) is 7.99. The average Bonchev–Trinajstić information content (AvgIpc) is 3.25. The van der Waals surface area contributed by atoms with E-state index in [1.165, 1.54) is 5.56 Å². The van der Waals surface area contributed by atoms with Crippen LogP contribution in [0.15, 0.2) is 55.1 Å². The van der Waals surface area contributed by atoms with Crippen molar-refractivity contribution in [1.82, 2.24) is 30.1 Å². The zero-order valence-electron chi connectivity index (χ0n) is 13.5. The summed E-state index contributed by atoms with van der Waals surface area (Å²) >= 11 is 0. The molecule has 0 aliphatic rings. The maximum atomic E-state index is 4.63. The van der Waals surface area contributed by atoms with Crippen LogP contribution in [0.1, 0.15) is 5.56 Å². The monoisotopic (exact) mass is 326 g/mol. The van der Waals surface area contributed by atoms with Crippen molar-refractivity contribution in [3.05, 3.63) is 60.7 Å². The summed E-state index contributed by atoms with van der Waals surface area (Å²) in [5.41, 5.74) is 6.96. The van der Waals surface area contributed by atoms with Crippen molar-refractivity contribution in [3.63, 3.8) is 0 Å². The van der Waals surface area contributed by atoms with E-state index in [1.807, 2.05) is 30.6 Å². The molecular formula is C19H14N6. The lowest BCUT2D eigenvalue weighted by molar-refractivity contribution is 1.11. The molecular weight excluding hydrogens is 312 g/mol. The molecule has 0 saturated carbocycles. The van der Waals surface area contributed by atoms with Gasteiger partial charge in [0.15, 0.2) is 5.82 Å². The number of rotatable bonds is 2. The molecule has 4 aromatic heterocycles. The van der Waals surface area contributed by atoms with Crippen LogP contribution in [0.5, 0.6) is 0 Å². The van der Waals surface area contributed by atoms with E-state index < -0.39 is 0 Å². The molecule has 25 heavy (non-hydrogen) atoms. The van der Waals surface area contributed by atoms with Gasteiger partial charge in [-0.1, -0.05) is 6.07 Å². The summed E-state index contributed by atoms with van der Waals surface area (Å²) < 4.78 is 0. The van der Waals surface area contributed by atoms with Crippen molar-refractivity contribution < 1.29 is 0 Å². The van der Waals surface area contributed by atoms with Crippen LogP contribution in [0.4, 0.5) is 0 Å². The predicted molar refractivity (Wildman–Crippen MR) is 96.9 cm³/mol. The molecule has 0 fully saturated rings. The highest BCUT2D eigenvalue weighted by molar-refractivity contribution is 5.95. The van der Waals surface area contributed by atoms with Gasteiger partial charge in [-0.3, -0.25) is 15.1 Å². The molecule has 0 aliphatic heterocycles. The number of benzene rings is 1. The Balaban J connectivity index is 1.71. The van der Waals surface area contributed by atoms with Crippen molar-refractivity contribution in [2.24, 2.45) is 0 Å². The van der Waals surface area contributed by atoms with E-state index in [0.29, 0.717) is 0 Å². The summed E-state index contributed by atoms with van der Waals surface area (Å²) in [5.74, 6) is 0.731. The standard InChI is InChI=1S/C19H14N6/c1-11-4-6-20-9-14(11)12-2-3-15-13(8-12)18(25-24-15)19-22-16-5-7-21-10-17(16)23-19/h2-10H,1H3,(H,22,23)(H,24,25). The van der Waals surface area contributed by atoms with Gasteiger partial charge in [0.2, 0.25) is 0 Å². The minimum absolute atomic E-state index is 0.731. The summed E-state index contributed by atoms with van der Waals surface area (Å²) in [6.07, 6.45) is 7.20. The van der Waals surface area contributed by atoms with E-state index >= 15 is 0 Å². The third kappa shape index (κ3) is 2.19. The topological polar surface area (TPSA) is 83.1 Å². The fourth-order valence-electron chi connectivity index (χ4n) is 3.10. The Kier molecular flexibility index (Phi) is 2.90. The molecule has 0 aliphatic carbocycles. The minimum atomic E-state index is 0.731. The quantitative estimate of drug-likeness (QED) is 0.516. The molecule has 0 unspecified atom stereocenters. The molecule has 0 amide bonds. The van der Waals surface area contributed by atoms with E-state index in [-0.39, 0.29) is 0 Å². The van der Waals surface area contributed by atoms with Gasteiger partial charge in [-0.05, 0) is 42.3 Å². The number of fused-ring (bicyclic) bond motifs is 2. The molecule has 0 spiro atoms. The molecule has 120 valence electrons. The zero-order valence-corrected chi connectivity index (χ0v) is 13.5. The Hall–Kier alpha value is -3.54. The number of H-pyrrole nitrogens is 2. The molecule has 0 saturated heterocycles. The Bertz CT molecular complexity index is 1180. The van der Waals surface area contributed by atoms with Crippen LogP contribution < -0.4 is 0 Å². The van der Waals surface area contributed by atoms with E-state index in [2.05, 4.69) is 49.2 Å². The minimum Gasteiger partial charge on any atom is -0.335 e. The van der Waals surface area contributed by atoms with Crippen molar-refractivity contribution in [2.45, 2.75) is 6.92 Å². The van der Waals surface area contributed by atoms with Gasteiger partial charge in [0, 0.05) is 29.5 Å². The van der Waals surface area contributed by atoms with Gasteiger partial charge in [0.1, 0.15) is 5.69 Å². The fourth-order valence-corrected chi connectivity index (χ4v) is 3.10. The average molecular weight is 326 g/mol. The number of aromatic amines is 2. The van der Waals surface area contributed by atoms with Crippen LogP contribution in [0, 0.1) is 6.92 Å². The van der Waals surface area contributed by atoms with E-state index in [0.717, 1.165) is 44.6 Å². The van der Waals surface area contributed by atoms with Crippen molar-refractivity contribution in [2.75, 3.05) is 0 Å². The maximum Gasteiger partial charge on any atom is 0.159 e. The van der Waals surface area contributed by atoms with Crippen LogP contribution in [0.25, 0.3) is 44.6 Å². The second-order valence-corrected chi connectivity index (χ2v) is 6.00. The third-order valence-corrected chi connectivity index (χ3v) is 4.42. The third-order valence-electron chi connectivity index (χ3n) is 4.42. The molecule has 6 nitrogen and oxygen atoms in total. The Morgan fingerprint density at radius 2 is 1.80 bits per heavy atom. The SMILES string of the molecule is Cc1ccncc1-c1ccc2[nH]nc(-c3nc4ccncc4[nH]3)c2c1. The summed E-state index contributed by atoms with van der Waals surface area (Å²) in [5, 5.41) is 8.57. The van der Waals surface area contributed by atoms with Crippen LogP contribution in [-0.2, 0) is 0 Å². The summed E-state index contributed by atoms with van der Waals surface area (Å²) in [4.78, 5) is 16.3. The van der Waals surface area contributed by atoms with Crippen molar-refractivity contribution in [1.29, 1.82) is 0 Å². The number of imidazole rings is 1. The number of hydrogen-bond donors (Lipinski definition) is 2. The van der Waals surface area contributed by atoms with E-state index in [9.17, 15) is 0 Å². The molecule has 4 heterocycles. The lowest BCUT2D eigenvalue weighted by Crippen LogP contribution is -1.85. The number of hydrogen-bond acceptors (Lipinski definition) is 4. The smallest absolute Gasteiger partial charge is 0.159 e. The number of nitrogens with one attached hydrogen (secondary N) is 2. The second-order valence-electron chi connectivity index (χ2n) is 6.00. The van der Waals surface area contributed by atoms with Crippen LogP contribution >= 0.6 is 0 Å². The zero-order chi connectivity index (χ0) is 16.8. The molecule has 6 heteroatoms. The number of pyridine rings is 2. The van der Waals surface area contributed by atoms with Gasteiger partial charge < -0.3 is 4.98 Å². The number of aryl methyl sites for hydroxylation is 1. The Morgan fingerprint density at radius 1 is 0.920 bits per heavy atom. The van der Waals surface area contributed by atoms with E-state index in [1.54, 1.807) is 12.4 Å². The van der Waals surface area contributed by atoms with Crippen LogP contribution in [0.3, 0.4) is 0 Å². The molecule has 5 aromatic rings. The molecule has 1 aromatic carbocycles. The maximum absolute atomic E-state index is 4.63. The molecule has 2 N–H and O–H groups in total. The highest BCUT2D eigenvalue weighted by Crippen LogP contribution is 2.31. The summed E-state index contributed by atoms with van der Waals surface area (Å²) in [7, 11) is 0. The Morgan fingerprint density at radius 3 is 2.68 bits per heavy atom. The molecule has 0 bridgehead atoms. The van der Waals surface area contributed by atoms with Gasteiger partial charge in [-0.25, -0.2) is 4.98 Å². The Labute approximate surface area is 143 Å². The number of aromatic nitrogens is 6. The lowest BCUT2D eigenvalue weighted by atomic mass is 10.0. The number of nitrogens with zero attached hydrogens (tertiary/aromatic N) is 4. The van der Waals surface area contributed by atoms with Gasteiger partial charge in [0.05, 0.1) is 22.7 Å². The summed E-state index contributed by atoms with van der Waals surface area (Å²) in [6, 6.07) is 10.1.